The van der Waals surface area contributed by atoms with E-state index in [9.17, 15) is 18.0 Å². The number of alkyl halides is 3. The summed E-state index contributed by atoms with van der Waals surface area (Å²) in [5, 5.41) is 0.310. The number of benzene rings is 3. The predicted octanol–water partition coefficient (Wildman–Crippen LogP) is 5.30. The molecule has 1 aliphatic rings. The van der Waals surface area contributed by atoms with Crippen molar-refractivity contribution in [3.8, 4) is 17.2 Å². The third-order valence-corrected chi connectivity index (χ3v) is 5.05. The van der Waals surface area contributed by atoms with Gasteiger partial charge in [0.1, 0.15) is 5.82 Å². The van der Waals surface area contributed by atoms with Crippen LogP contribution >= 0.6 is 0 Å². The maximum absolute atomic E-state index is 13.3. The number of rotatable bonds is 3. The first kappa shape index (κ1) is 19.9. The molecule has 0 atom stereocenters. The first-order valence-corrected chi connectivity index (χ1v) is 9.67. The highest BCUT2D eigenvalue weighted by molar-refractivity contribution is 5.80. The summed E-state index contributed by atoms with van der Waals surface area (Å²) in [6.07, 6.45) is -1.24. The lowest BCUT2D eigenvalue weighted by atomic mass is 10.1. The maximum atomic E-state index is 13.3. The van der Waals surface area contributed by atoms with Crippen molar-refractivity contribution < 1.29 is 22.6 Å². The van der Waals surface area contributed by atoms with Gasteiger partial charge in [-0.05, 0) is 54.1 Å². The monoisotopic (exact) mass is 436 g/mol. The van der Waals surface area contributed by atoms with E-state index < -0.39 is 17.3 Å². The molecule has 0 saturated carbocycles. The van der Waals surface area contributed by atoms with Gasteiger partial charge in [-0.1, -0.05) is 30.3 Å². The average molecular weight is 436 g/mol. The van der Waals surface area contributed by atoms with E-state index in [0.717, 1.165) is 17.7 Å². The van der Waals surface area contributed by atoms with Crippen LogP contribution in [0, 0.1) is 0 Å². The Balaban J connectivity index is 1.68. The van der Waals surface area contributed by atoms with E-state index in [2.05, 4.69) is 4.98 Å². The Hall–Kier alpha value is -4.07. The number of ether oxygens (including phenoxy) is 2. The molecule has 0 saturated heterocycles. The van der Waals surface area contributed by atoms with Crippen molar-refractivity contribution in [1.82, 2.24) is 9.55 Å². The fourth-order valence-electron chi connectivity index (χ4n) is 3.52. The van der Waals surface area contributed by atoms with Crippen LogP contribution in [0.5, 0.6) is 11.5 Å². The van der Waals surface area contributed by atoms with Crippen molar-refractivity contribution >= 4 is 23.1 Å². The summed E-state index contributed by atoms with van der Waals surface area (Å²) < 4.78 is 51.7. The summed E-state index contributed by atoms with van der Waals surface area (Å²) in [6, 6.07) is 16.7. The molecule has 1 aromatic heterocycles. The van der Waals surface area contributed by atoms with Crippen LogP contribution in [0.1, 0.15) is 17.0 Å². The lowest BCUT2D eigenvalue weighted by Gasteiger charge is -2.14. The molecule has 2 heterocycles. The molecule has 0 amide bonds. The van der Waals surface area contributed by atoms with Crippen LogP contribution < -0.4 is 15.0 Å². The molecule has 0 aliphatic carbocycles. The molecular formula is C24H15F3N2O3. The molecular weight excluding hydrogens is 421 g/mol. The molecule has 0 radical (unpaired) electrons. The smallest absolute Gasteiger partial charge is 0.416 e. The van der Waals surface area contributed by atoms with Gasteiger partial charge in [0.05, 0.1) is 22.2 Å². The number of para-hydroxylation sites is 1. The van der Waals surface area contributed by atoms with Crippen LogP contribution in [0.4, 0.5) is 13.2 Å². The fourth-order valence-corrected chi connectivity index (χ4v) is 3.52. The van der Waals surface area contributed by atoms with Gasteiger partial charge < -0.3 is 9.47 Å². The Bertz CT molecular complexity index is 1420. The van der Waals surface area contributed by atoms with Crippen molar-refractivity contribution in [2.24, 2.45) is 0 Å². The Labute approximate surface area is 180 Å². The molecule has 32 heavy (non-hydrogen) atoms. The first-order chi connectivity index (χ1) is 15.4. The van der Waals surface area contributed by atoms with Gasteiger partial charge in [-0.15, -0.1) is 0 Å². The molecule has 0 N–H and O–H groups in total. The van der Waals surface area contributed by atoms with E-state index in [1.54, 1.807) is 54.6 Å². The average Bonchev–Trinajstić information content (AvgIpc) is 3.25. The second kappa shape index (κ2) is 7.56. The summed E-state index contributed by atoms with van der Waals surface area (Å²) in [7, 11) is 0. The van der Waals surface area contributed by atoms with Crippen LogP contribution in [-0.2, 0) is 6.18 Å². The Morgan fingerprint density at radius 3 is 2.56 bits per heavy atom. The lowest BCUT2D eigenvalue weighted by molar-refractivity contribution is -0.137. The molecule has 5 rings (SSSR count). The largest absolute Gasteiger partial charge is 0.454 e. The zero-order valence-corrected chi connectivity index (χ0v) is 16.5. The van der Waals surface area contributed by atoms with Gasteiger partial charge in [0.15, 0.2) is 11.5 Å². The van der Waals surface area contributed by atoms with Gasteiger partial charge in [0.25, 0.3) is 5.56 Å². The number of hydrogen-bond acceptors (Lipinski definition) is 4. The van der Waals surface area contributed by atoms with Gasteiger partial charge in [-0.25, -0.2) is 4.98 Å². The molecule has 0 spiro atoms. The quantitative estimate of drug-likeness (QED) is 0.437. The third kappa shape index (κ3) is 3.60. The minimum atomic E-state index is -4.54. The SMILES string of the molecule is O=c1c2ccccc2nc(C=Cc2ccc3c(c2)OCO3)n1-c1cccc(C(F)(F)F)c1. The van der Waals surface area contributed by atoms with Crippen LogP contribution in [0.25, 0.3) is 28.7 Å². The van der Waals surface area contributed by atoms with Crippen LogP contribution in [-0.4, -0.2) is 16.3 Å². The molecule has 5 nitrogen and oxygen atoms in total. The Morgan fingerprint density at radius 2 is 1.72 bits per heavy atom. The van der Waals surface area contributed by atoms with Crippen molar-refractivity contribution in [3.05, 3.63) is 94.0 Å². The molecule has 0 unspecified atom stereocenters. The minimum absolute atomic E-state index is 0.0772. The topological polar surface area (TPSA) is 53.4 Å². The van der Waals surface area contributed by atoms with Crippen LogP contribution in [0.3, 0.4) is 0 Å². The van der Waals surface area contributed by atoms with E-state index >= 15 is 0 Å². The number of fused-ring (bicyclic) bond motifs is 2. The number of halogens is 3. The summed E-state index contributed by atoms with van der Waals surface area (Å²) in [5.74, 6) is 1.42. The minimum Gasteiger partial charge on any atom is -0.454 e. The van der Waals surface area contributed by atoms with Gasteiger partial charge in [0.2, 0.25) is 6.79 Å². The third-order valence-electron chi connectivity index (χ3n) is 5.05. The molecule has 4 aromatic rings. The summed E-state index contributed by atoms with van der Waals surface area (Å²) >= 11 is 0. The van der Waals surface area contributed by atoms with E-state index in [1.807, 2.05) is 0 Å². The van der Waals surface area contributed by atoms with Gasteiger partial charge in [-0.2, -0.15) is 13.2 Å². The fraction of sp³-hybridized carbons (Fsp3) is 0.0833. The number of aromatic nitrogens is 2. The van der Waals surface area contributed by atoms with E-state index in [0.29, 0.717) is 22.4 Å². The second-order valence-corrected chi connectivity index (χ2v) is 7.12. The van der Waals surface area contributed by atoms with Gasteiger partial charge in [-0.3, -0.25) is 9.36 Å². The van der Waals surface area contributed by atoms with E-state index in [4.69, 9.17) is 9.47 Å². The standard InChI is InChI=1S/C24H15F3N2O3/c25-24(26,27)16-4-3-5-17(13-16)29-22(28-19-7-2-1-6-18(19)23(29)30)11-9-15-8-10-20-21(12-15)32-14-31-20/h1-13H,14H2. The number of hydrogen-bond donors (Lipinski definition) is 0. The van der Waals surface area contributed by atoms with Crippen molar-refractivity contribution in [1.29, 1.82) is 0 Å². The summed E-state index contributed by atoms with van der Waals surface area (Å²) in [4.78, 5) is 17.8. The Kier molecular flexibility index (Phi) is 4.70. The molecule has 3 aromatic carbocycles. The second-order valence-electron chi connectivity index (χ2n) is 7.12. The van der Waals surface area contributed by atoms with E-state index in [-0.39, 0.29) is 18.3 Å². The maximum Gasteiger partial charge on any atom is 0.416 e. The van der Waals surface area contributed by atoms with Crippen LogP contribution in [0.2, 0.25) is 0 Å². The Morgan fingerprint density at radius 1 is 0.906 bits per heavy atom. The molecule has 160 valence electrons. The van der Waals surface area contributed by atoms with Crippen LogP contribution in [0.15, 0.2) is 71.5 Å². The molecule has 1 aliphatic heterocycles. The predicted molar refractivity (Wildman–Crippen MR) is 114 cm³/mol. The first-order valence-electron chi connectivity index (χ1n) is 9.67. The lowest BCUT2D eigenvalue weighted by Crippen LogP contribution is -2.22. The summed E-state index contributed by atoms with van der Waals surface area (Å²) in [6.45, 7) is 0.143. The molecule has 0 bridgehead atoms. The van der Waals surface area contributed by atoms with E-state index in [1.165, 1.54) is 16.7 Å². The zero-order chi connectivity index (χ0) is 22.3. The zero-order valence-electron chi connectivity index (χ0n) is 16.5. The highest BCUT2D eigenvalue weighted by Crippen LogP contribution is 2.33. The summed E-state index contributed by atoms with van der Waals surface area (Å²) in [5.41, 5.74) is -0.0206. The molecule has 8 heteroatoms. The van der Waals surface area contributed by atoms with Crippen molar-refractivity contribution in [3.63, 3.8) is 0 Å². The molecule has 0 fully saturated rings. The van der Waals surface area contributed by atoms with Gasteiger partial charge in [0, 0.05) is 0 Å². The highest BCUT2D eigenvalue weighted by Gasteiger charge is 2.30. The van der Waals surface area contributed by atoms with Crippen molar-refractivity contribution in [2.75, 3.05) is 6.79 Å². The normalized spacial score (nSPS) is 13.2. The highest BCUT2D eigenvalue weighted by atomic mass is 19.4. The van der Waals surface area contributed by atoms with Gasteiger partial charge >= 0.3 is 6.18 Å². The number of nitrogens with zero attached hydrogens (tertiary/aromatic N) is 2. The van der Waals surface area contributed by atoms with Crippen molar-refractivity contribution in [2.45, 2.75) is 6.18 Å².